The zero-order chi connectivity index (χ0) is 15.4. The van der Waals surface area contributed by atoms with E-state index in [1.165, 1.54) is 10.5 Å². The maximum atomic E-state index is 12.2. The molecule has 2 aromatic carbocycles. The number of amides is 1. The van der Waals surface area contributed by atoms with Crippen LogP contribution < -0.4 is 11.1 Å². The van der Waals surface area contributed by atoms with Crippen LogP contribution >= 0.6 is 11.8 Å². The summed E-state index contributed by atoms with van der Waals surface area (Å²) in [7, 11) is 0. The van der Waals surface area contributed by atoms with Gasteiger partial charge in [0.25, 0.3) is 0 Å². The van der Waals surface area contributed by atoms with Crippen molar-refractivity contribution in [1.82, 2.24) is 5.32 Å². The van der Waals surface area contributed by atoms with Crippen LogP contribution in [0.15, 0.2) is 53.4 Å². The Bertz CT molecular complexity index is 672. The van der Waals surface area contributed by atoms with E-state index in [4.69, 9.17) is 5.73 Å². The predicted octanol–water partition coefficient (Wildman–Crippen LogP) is 3.55. The van der Waals surface area contributed by atoms with Crippen molar-refractivity contribution in [3.05, 3.63) is 59.7 Å². The zero-order valence-electron chi connectivity index (χ0n) is 12.4. The summed E-state index contributed by atoms with van der Waals surface area (Å²) < 4.78 is 0. The molecule has 1 heterocycles. The van der Waals surface area contributed by atoms with Crippen LogP contribution in [0.4, 0.5) is 5.69 Å². The summed E-state index contributed by atoms with van der Waals surface area (Å²) >= 11 is 1.86. The smallest absolute Gasteiger partial charge is 0.220 e. The van der Waals surface area contributed by atoms with E-state index < -0.39 is 0 Å². The van der Waals surface area contributed by atoms with Crippen LogP contribution in [0.1, 0.15) is 30.0 Å². The second kappa shape index (κ2) is 6.88. The summed E-state index contributed by atoms with van der Waals surface area (Å²) in [6.07, 6.45) is 2.14. The van der Waals surface area contributed by atoms with Gasteiger partial charge in [0.2, 0.25) is 5.91 Å². The lowest BCUT2D eigenvalue weighted by atomic mass is 10.0. The molecule has 22 heavy (non-hydrogen) atoms. The summed E-state index contributed by atoms with van der Waals surface area (Å²) in [6, 6.07) is 16.2. The number of rotatable bonds is 4. The Kier molecular flexibility index (Phi) is 4.68. The number of para-hydroxylation sites is 1. The molecule has 1 aliphatic heterocycles. The van der Waals surface area contributed by atoms with Crippen LogP contribution in [0.3, 0.4) is 0 Å². The Morgan fingerprint density at radius 2 is 1.95 bits per heavy atom. The molecule has 0 aromatic heterocycles. The average molecular weight is 312 g/mol. The Balaban J connectivity index is 1.60. The van der Waals surface area contributed by atoms with Crippen molar-refractivity contribution >= 4 is 23.4 Å². The molecule has 4 heteroatoms. The third-order valence-corrected chi connectivity index (χ3v) is 5.09. The van der Waals surface area contributed by atoms with Gasteiger partial charge in [0.1, 0.15) is 0 Å². The fourth-order valence-electron chi connectivity index (χ4n) is 2.77. The third kappa shape index (κ3) is 3.45. The van der Waals surface area contributed by atoms with Gasteiger partial charge in [-0.05, 0) is 36.1 Å². The second-order valence-electron chi connectivity index (χ2n) is 5.49. The van der Waals surface area contributed by atoms with Crippen molar-refractivity contribution in [2.24, 2.45) is 0 Å². The number of hydrogen-bond donors (Lipinski definition) is 2. The number of nitrogens with one attached hydrogen (secondary N) is 1. The molecule has 3 nitrogen and oxygen atoms in total. The molecule has 1 atom stereocenters. The molecular formula is C18H20N2OS. The number of nitrogen functional groups attached to an aromatic ring is 1. The van der Waals surface area contributed by atoms with Crippen molar-refractivity contribution in [3.8, 4) is 0 Å². The minimum Gasteiger partial charge on any atom is -0.399 e. The van der Waals surface area contributed by atoms with Gasteiger partial charge in [0, 0.05) is 22.8 Å². The molecule has 0 aliphatic carbocycles. The fraction of sp³-hybridized carbons (Fsp3) is 0.278. The highest BCUT2D eigenvalue weighted by Gasteiger charge is 2.21. The number of nitrogens with two attached hydrogens (primary N) is 1. The highest BCUT2D eigenvalue weighted by atomic mass is 32.2. The summed E-state index contributed by atoms with van der Waals surface area (Å²) in [5.74, 6) is 1.14. The number of fused-ring (bicyclic) bond motifs is 1. The lowest BCUT2D eigenvalue weighted by Crippen LogP contribution is -2.30. The van der Waals surface area contributed by atoms with Crippen molar-refractivity contribution in [3.63, 3.8) is 0 Å². The van der Waals surface area contributed by atoms with Crippen molar-refractivity contribution in [2.75, 3.05) is 11.5 Å². The monoisotopic (exact) mass is 312 g/mol. The topological polar surface area (TPSA) is 55.1 Å². The molecule has 0 spiro atoms. The SMILES string of the molecule is Nc1ccccc1CCC(=O)NC1CCSc2ccccc21. The van der Waals surface area contributed by atoms with Crippen molar-refractivity contribution in [1.29, 1.82) is 0 Å². The minimum atomic E-state index is 0.0926. The number of benzene rings is 2. The average Bonchev–Trinajstić information content (AvgIpc) is 2.54. The third-order valence-electron chi connectivity index (χ3n) is 3.97. The lowest BCUT2D eigenvalue weighted by Gasteiger charge is -2.25. The molecular weight excluding hydrogens is 292 g/mol. The van der Waals surface area contributed by atoms with Gasteiger partial charge in [-0.15, -0.1) is 11.8 Å². The second-order valence-corrected chi connectivity index (χ2v) is 6.63. The van der Waals surface area contributed by atoms with Gasteiger partial charge < -0.3 is 11.1 Å². The Morgan fingerprint density at radius 3 is 2.82 bits per heavy atom. The molecule has 114 valence electrons. The molecule has 0 radical (unpaired) electrons. The van der Waals surface area contributed by atoms with Crippen LogP contribution in [-0.2, 0) is 11.2 Å². The lowest BCUT2D eigenvalue weighted by molar-refractivity contribution is -0.121. The molecule has 0 bridgehead atoms. The first kappa shape index (κ1) is 15.0. The van der Waals surface area contributed by atoms with Gasteiger partial charge in [-0.25, -0.2) is 0 Å². The highest BCUT2D eigenvalue weighted by Crippen LogP contribution is 2.35. The van der Waals surface area contributed by atoms with Crippen molar-refractivity contribution < 1.29 is 4.79 Å². The van der Waals surface area contributed by atoms with E-state index >= 15 is 0 Å². The van der Waals surface area contributed by atoms with Crippen LogP contribution in [0.5, 0.6) is 0 Å². The van der Waals surface area contributed by atoms with E-state index in [-0.39, 0.29) is 11.9 Å². The summed E-state index contributed by atoms with van der Waals surface area (Å²) in [5, 5.41) is 3.17. The Morgan fingerprint density at radius 1 is 1.18 bits per heavy atom. The summed E-state index contributed by atoms with van der Waals surface area (Å²) in [4.78, 5) is 13.5. The fourth-order valence-corrected chi connectivity index (χ4v) is 3.89. The van der Waals surface area contributed by atoms with Gasteiger partial charge in [-0.1, -0.05) is 36.4 Å². The van der Waals surface area contributed by atoms with Crippen molar-refractivity contribution in [2.45, 2.75) is 30.2 Å². The van der Waals surface area contributed by atoms with E-state index in [0.717, 1.165) is 23.4 Å². The minimum absolute atomic E-state index is 0.0926. The quantitative estimate of drug-likeness (QED) is 0.849. The van der Waals surface area contributed by atoms with E-state index in [2.05, 4.69) is 17.4 Å². The van der Waals surface area contributed by atoms with Crippen LogP contribution in [0, 0.1) is 0 Å². The van der Waals surface area contributed by atoms with Crippen LogP contribution in [0.25, 0.3) is 0 Å². The normalized spacial score (nSPS) is 16.8. The number of hydrogen-bond acceptors (Lipinski definition) is 3. The first-order valence-electron chi connectivity index (χ1n) is 7.58. The molecule has 0 saturated carbocycles. The largest absolute Gasteiger partial charge is 0.399 e. The predicted molar refractivity (Wildman–Crippen MR) is 91.8 cm³/mol. The van der Waals surface area contributed by atoms with Gasteiger partial charge in [-0.3, -0.25) is 4.79 Å². The Hall–Kier alpha value is -1.94. The number of carbonyl (C=O) groups is 1. The van der Waals surface area contributed by atoms with Gasteiger partial charge >= 0.3 is 0 Å². The van der Waals surface area contributed by atoms with Gasteiger partial charge in [0.15, 0.2) is 0 Å². The number of thioether (sulfide) groups is 1. The van der Waals surface area contributed by atoms with E-state index in [1.807, 2.05) is 48.2 Å². The molecule has 1 aliphatic rings. The van der Waals surface area contributed by atoms with Gasteiger partial charge in [-0.2, -0.15) is 0 Å². The Labute approximate surface area is 135 Å². The molecule has 1 unspecified atom stereocenters. The number of carbonyl (C=O) groups excluding carboxylic acids is 1. The van der Waals surface area contributed by atoms with E-state index in [9.17, 15) is 4.79 Å². The maximum Gasteiger partial charge on any atom is 0.220 e. The molecule has 1 amide bonds. The maximum absolute atomic E-state index is 12.2. The van der Waals surface area contributed by atoms with Gasteiger partial charge in [0.05, 0.1) is 6.04 Å². The molecule has 2 aromatic rings. The van der Waals surface area contributed by atoms with E-state index in [0.29, 0.717) is 12.8 Å². The molecule has 3 rings (SSSR count). The standard InChI is InChI=1S/C18H20N2OS/c19-15-7-3-1-5-13(15)9-10-18(21)20-16-11-12-22-17-8-4-2-6-14(16)17/h1-8,16H,9-12,19H2,(H,20,21). The summed E-state index contributed by atoms with van der Waals surface area (Å²) in [6.45, 7) is 0. The highest BCUT2D eigenvalue weighted by molar-refractivity contribution is 7.99. The van der Waals surface area contributed by atoms with Crippen LogP contribution in [0.2, 0.25) is 0 Å². The first-order valence-corrected chi connectivity index (χ1v) is 8.57. The summed E-state index contributed by atoms with van der Waals surface area (Å²) in [5.41, 5.74) is 8.96. The number of aryl methyl sites for hydroxylation is 1. The molecule has 0 fully saturated rings. The zero-order valence-corrected chi connectivity index (χ0v) is 13.2. The first-order chi connectivity index (χ1) is 10.7. The molecule has 0 saturated heterocycles. The number of anilines is 1. The molecule has 3 N–H and O–H groups in total. The van der Waals surface area contributed by atoms with E-state index in [1.54, 1.807) is 0 Å². The van der Waals surface area contributed by atoms with Crippen LogP contribution in [-0.4, -0.2) is 11.7 Å².